The molecule has 0 unspecified atom stereocenters. The molecular formula is C15H25Br. The van der Waals surface area contributed by atoms with Crippen molar-refractivity contribution >= 4 is 15.9 Å². The Labute approximate surface area is 125 Å². The minimum absolute atomic E-state index is 0.175. The highest BCUT2D eigenvalue weighted by Crippen LogP contribution is 2.11. The molecule has 0 amide bonds. The van der Waals surface area contributed by atoms with Gasteiger partial charge in [-0.25, -0.2) is 0 Å². The molecule has 0 saturated carbocycles. The minimum Gasteiger partial charge on any atom is -0.0883 e. The van der Waals surface area contributed by atoms with Crippen molar-refractivity contribution in [3.8, 4) is 0 Å². The second-order valence-corrected chi connectivity index (χ2v) is 4.01. The third-order valence-electron chi connectivity index (χ3n) is 1.76. The third kappa shape index (κ3) is 10.2. The van der Waals surface area contributed by atoms with Gasteiger partial charge in [0.25, 0.3) is 0 Å². The van der Waals surface area contributed by atoms with Gasteiger partial charge in [-0.05, 0) is 53.1 Å². The van der Waals surface area contributed by atoms with Gasteiger partial charge in [-0.1, -0.05) is 50.9 Å². The van der Waals surface area contributed by atoms with E-state index in [2.05, 4.69) is 15.9 Å². The van der Waals surface area contributed by atoms with Gasteiger partial charge in [-0.15, -0.1) is 0 Å². The van der Waals surface area contributed by atoms with E-state index in [1.54, 1.807) is 0 Å². The molecular weight excluding hydrogens is 260 g/mol. The molecule has 0 aliphatic rings. The lowest BCUT2D eigenvalue weighted by atomic mass is 10.1. The predicted molar refractivity (Wildman–Crippen MR) is 79.2 cm³/mol. The van der Waals surface area contributed by atoms with Gasteiger partial charge in [0.15, 0.2) is 0 Å². The lowest BCUT2D eigenvalue weighted by Gasteiger charge is -2.00. The minimum atomic E-state index is -3.13. The van der Waals surface area contributed by atoms with E-state index in [1.165, 1.54) is 0 Å². The van der Waals surface area contributed by atoms with E-state index in [4.69, 9.17) is 15.1 Å². The molecule has 0 saturated heterocycles. The maximum absolute atomic E-state index is 8.14. The Morgan fingerprint density at radius 3 is 2.75 bits per heavy atom. The van der Waals surface area contributed by atoms with Gasteiger partial charge in [0.2, 0.25) is 0 Å². The van der Waals surface area contributed by atoms with E-state index in [0.29, 0.717) is 11.8 Å². The van der Waals surface area contributed by atoms with E-state index in [1.807, 2.05) is 13.0 Å². The average Bonchev–Trinajstić information content (AvgIpc) is 2.47. The highest BCUT2D eigenvalue weighted by molar-refractivity contribution is 9.09. The Hall–Kier alpha value is -0.300. The van der Waals surface area contributed by atoms with Crippen molar-refractivity contribution in [1.82, 2.24) is 0 Å². The van der Waals surface area contributed by atoms with Crippen LogP contribution in [0.4, 0.5) is 0 Å². The molecule has 0 rings (SSSR count). The maximum atomic E-state index is 8.14. The largest absolute Gasteiger partial charge is 0.0883 e. The van der Waals surface area contributed by atoms with Crippen molar-refractivity contribution < 1.29 is 15.1 Å². The quantitative estimate of drug-likeness (QED) is 0.411. The maximum Gasteiger partial charge on any atom is 0.0575 e. The lowest BCUT2D eigenvalue weighted by Crippen LogP contribution is -1.81. The van der Waals surface area contributed by atoms with Crippen LogP contribution in [0.15, 0.2) is 34.9 Å². The van der Waals surface area contributed by atoms with E-state index < -0.39 is 43.6 Å². The first-order chi connectivity index (χ1) is 11.9. The van der Waals surface area contributed by atoms with Gasteiger partial charge in [0, 0.05) is 19.0 Å². The van der Waals surface area contributed by atoms with Crippen molar-refractivity contribution in [2.75, 3.05) is 5.33 Å². The number of hydrogen-bond acceptors (Lipinski definition) is 0. The van der Waals surface area contributed by atoms with Crippen LogP contribution in [0, 0.1) is 0 Å². The second-order valence-electron chi connectivity index (χ2n) is 3.36. The Kier molecular flexibility index (Phi) is 3.18. The summed E-state index contributed by atoms with van der Waals surface area (Å²) in [5, 5.41) is 0.624. The molecule has 1 heteroatoms. The number of rotatable bonds is 7. The predicted octanol–water partition coefficient (Wildman–Crippen LogP) is 5.80. The number of halogens is 1. The second kappa shape index (κ2) is 9.89. The molecule has 0 nitrogen and oxygen atoms in total. The van der Waals surface area contributed by atoms with Crippen molar-refractivity contribution in [3.05, 3.63) is 34.9 Å². The summed E-state index contributed by atoms with van der Waals surface area (Å²) in [4.78, 5) is 0. The number of hydrogen-bond donors (Lipinski definition) is 0. The highest BCUT2D eigenvalue weighted by atomic mass is 79.9. The van der Waals surface area contributed by atoms with Crippen LogP contribution in [0.5, 0.6) is 0 Å². The third-order valence-corrected chi connectivity index (χ3v) is 2.08. The first kappa shape index (κ1) is 5.14. The summed E-state index contributed by atoms with van der Waals surface area (Å²) in [6.45, 7) is -2.85. The van der Waals surface area contributed by atoms with Crippen LogP contribution < -0.4 is 0 Å². The summed E-state index contributed by atoms with van der Waals surface area (Å²) >= 11 is 3.24. The molecule has 0 heterocycles. The highest BCUT2D eigenvalue weighted by Gasteiger charge is 1.91. The zero-order chi connectivity index (χ0) is 21.8. The average molecular weight is 296 g/mol. The van der Waals surface area contributed by atoms with E-state index in [-0.39, 0.29) is 6.42 Å². The lowest BCUT2D eigenvalue weighted by molar-refractivity contribution is 0.917. The molecule has 0 aliphatic heterocycles. The van der Waals surface area contributed by atoms with E-state index in [9.17, 15) is 0 Å². The SMILES string of the molecule is [2H]/C(=C(\C)C([2H])([2H])[2H])C([2H])([2H])C([2H])([2H])/C(=C/CC/C(C)=C/CBr)C([2H])([2H])[2H]. The fourth-order valence-electron chi connectivity index (χ4n) is 0.921. The smallest absolute Gasteiger partial charge is 0.0575 e. The van der Waals surface area contributed by atoms with Crippen molar-refractivity contribution in [2.45, 2.75) is 53.1 Å². The van der Waals surface area contributed by atoms with Gasteiger partial charge < -0.3 is 0 Å². The Morgan fingerprint density at radius 2 is 2.12 bits per heavy atom. The number of alkyl halides is 1. The van der Waals surface area contributed by atoms with Crippen LogP contribution in [-0.4, -0.2) is 5.33 Å². The topological polar surface area (TPSA) is 0 Å². The Balaban J connectivity index is 6.14. The van der Waals surface area contributed by atoms with Crippen LogP contribution in [0.25, 0.3) is 0 Å². The van der Waals surface area contributed by atoms with Crippen LogP contribution >= 0.6 is 15.9 Å². The van der Waals surface area contributed by atoms with Gasteiger partial charge in [-0.3, -0.25) is 0 Å². The molecule has 0 aromatic carbocycles. The van der Waals surface area contributed by atoms with Gasteiger partial charge in [-0.2, -0.15) is 0 Å². The Bertz CT molecular complexity index is 606. The molecule has 16 heavy (non-hydrogen) atoms. The molecule has 0 atom stereocenters. The summed E-state index contributed by atoms with van der Waals surface area (Å²) in [5.74, 6) is 0. The molecule has 0 spiro atoms. The zero-order valence-corrected chi connectivity index (χ0v) is 11.2. The fraction of sp³-hybridized carbons (Fsp3) is 0.600. The van der Waals surface area contributed by atoms with Crippen LogP contribution in [-0.2, 0) is 0 Å². The fourth-order valence-corrected chi connectivity index (χ4v) is 1.47. The summed E-state index contributed by atoms with van der Waals surface area (Å²) in [6.07, 6.45) is -2.58. The van der Waals surface area contributed by atoms with E-state index >= 15 is 0 Å². The molecule has 0 aromatic heterocycles. The van der Waals surface area contributed by atoms with Crippen molar-refractivity contribution in [3.63, 3.8) is 0 Å². The monoisotopic (exact) mass is 295 g/mol. The van der Waals surface area contributed by atoms with Crippen molar-refractivity contribution in [1.29, 1.82) is 0 Å². The summed E-state index contributed by atoms with van der Waals surface area (Å²) in [5.41, 5.74) is -0.428. The normalized spacial score (nSPS) is 28.6. The molecule has 0 bridgehead atoms. The van der Waals surface area contributed by atoms with E-state index in [0.717, 1.165) is 18.6 Å². The summed E-state index contributed by atoms with van der Waals surface area (Å²) in [7, 11) is 0. The molecule has 0 fully saturated rings. The molecule has 0 aliphatic carbocycles. The van der Waals surface area contributed by atoms with Crippen molar-refractivity contribution in [2.24, 2.45) is 0 Å². The van der Waals surface area contributed by atoms with Gasteiger partial charge in [0.1, 0.15) is 0 Å². The van der Waals surface area contributed by atoms with Crippen LogP contribution in [0.2, 0.25) is 0 Å². The summed E-state index contributed by atoms with van der Waals surface area (Å²) in [6, 6.07) is -1.07. The molecule has 0 aromatic rings. The Morgan fingerprint density at radius 1 is 1.31 bits per heavy atom. The first-order valence-corrected chi connectivity index (χ1v) is 6.14. The zero-order valence-electron chi connectivity index (χ0n) is 20.7. The van der Waals surface area contributed by atoms with Crippen LogP contribution in [0.1, 0.15) is 68.2 Å². The first-order valence-electron chi connectivity index (χ1n) is 10.5. The van der Waals surface area contributed by atoms with Crippen LogP contribution in [0.3, 0.4) is 0 Å². The van der Waals surface area contributed by atoms with Gasteiger partial charge in [0.05, 0.1) is 1.37 Å². The standard InChI is InChI=1S/C15H25Br/c1-13(2)7-5-8-14(3)9-6-10-15(4)11-12-16/h7,9,11H,5-6,8,10,12H2,1-4H3/b14-9+,15-11+/i1D3,3D3,5D2,7D,8D2/b13-7+,14-9+,15-11+. The number of allylic oxidation sites excluding steroid dienone is 6. The summed E-state index contributed by atoms with van der Waals surface area (Å²) < 4.78 is 85.0. The van der Waals surface area contributed by atoms with Gasteiger partial charge >= 0.3 is 0 Å². The molecule has 0 N–H and O–H groups in total. The molecule has 0 radical (unpaired) electrons. The molecule has 92 valence electrons.